The summed E-state index contributed by atoms with van der Waals surface area (Å²) in [6.45, 7) is 2.43. The predicted molar refractivity (Wildman–Crippen MR) is 65.8 cm³/mol. The van der Waals surface area contributed by atoms with Crippen molar-refractivity contribution in [1.29, 1.82) is 0 Å². The molecule has 1 aromatic carbocycles. The molecule has 0 saturated carbocycles. The number of nitrogens with zero attached hydrogens (tertiary/aromatic N) is 1. The Kier molecular flexibility index (Phi) is 3.99. The van der Waals surface area contributed by atoms with E-state index in [1.54, 1.807) is 12.4 Å². The molecule has 2 nitrogen and oxygen atoms in total. The van der Waals surface area contributed by atoms with E-state index in [0.717, 1.165) is 11.6 Å². The van der Waals surface area contributed by atoms with Crippen molar-refractivity contribution in [2.45, 2.75) is 19.5 Å². The van der Waals surface area contributed by atoms with E-state index in [2.05, 4.69) is 10.3 Å². The van der Waals surface area contributed by atoms with E-state index in [4.69, 9.17) is 0 Å². The van der Waals surface area contributed by atoms with Gasteiger partial charge in [0.25, 0.3) is 0 Å². The van der Waals surface area contributed by atoms with Gasteiger partial charge in [-0.1, -0.05) is 12.1 Å². The van der Waals surface area contributed by atoms with Crippen molar-refractivity contribution < 1.29 is 8.78 Å². The van der Waals surface area contributed by atoms with Gasteiger partial charge in [-0.25, -0.2) is 8.78 Å². The zero-order valence-electron chi connectivity index (χ0n) is 10.0. The lowest BCUT2D eigenvalue weighted by atomic mass is 10.1. The summed E-state index contributed by atoms with van der Waals surface area (Å²) in [5, 5.41) is 3.17. The Morgan fingerprint density at radius 2 is 2.11 bits per heavy atom. The largest absolute Gasteiger partial charge is 0.306 e. The first-order valence-electron chi connectivity index (χ1n) is 5.74. The second-order valence-electron chi connectivity index (χ2n) is 4.13. The van der Waals surface area contributed by atoms with Crippen LogP contribution < -0.4 is 5.32 Å². The standard InChI is InChI=1S/C14H14F2N2/c1-10(13-5-4-12(15)7-14(13)16)18-9-11-3-2-6-17-8-11/h2-8,10,18H,9H2,1H3. The van der Waals surface area contributed by atoms with E-state index >= 15 is 0 Å². The maximum Gasteiger partial charge on any atom is 0.130 e. The van der Waals surface area contributed by atoms with Crippen molar-refractivity contribution in [3.05, 3.63) is 65.5 Å². The number of benzene rings is 1. The Hall–Kier alpha value is -1.81. The van der Waals surface area contributed by atoms with Crippen LogP contribution in [0.4, 0.5) is 8.78 Å². The highest BCUT2D eigenvalue weighted by atomic mass is 19.1. The lowest BCUT2D eigenvalue weighted by molar-refractivity contribution is 0.517. The number of halogens is 2. The van der Waals surface area contributed by atoms with Crippen LogP contribution >= 0.6 is 0 Å². The van der Waals surface area contributed by atoms with Gasteiger partial charge in [-0.3, -0.25) is 4.98 Å². The fourth-order valence-electron chi connectivity index (χ4n) is 1.74. The Morgan fingerprint density at radius 1 is 1.28 bits per heavy atom. The Balaban J connectivity index is 2.01. The summed E-state index contributed by atoms with van der Waals surface area (Å²) in [6.07, 6.45) is 3.45. The highest BCUT2D eigenvalue weighted by Gasteiger charge is 2.11. The average Bonchev–Trinajstić information content (AvgIpc) is 2.37. The first-order chi connectivity index (χ1) is 8.66. The van der Waals surface area contributed by atoms with Crippen LogP contribution in [0.5, 0.6) is 0 Å². The molecule has 2 aromatic rings. The van der Waals surface area contributed by atoms with Crippen molar-refractivity contribution >= 4 is 0 Å². The van der Waals surface area contributed by atoms with Gasteiger partial charge in [-0.2, -0.15) is 0 Å². The third kappa shape index (κ3) is 3.11. The van der Waals surface area contributed by atoms with E-state index in [1.807, 2.05) is 19.1 Å². The summed E-state index contributed by atoms with van der Waals surface area (Å²) in [4.78, 5) is 4.00. The van der Waals surface area contributed by atoms with Crippen LogP contribution in [0.15, 0.2) is 42.7 Å². The van der Waals surface area contributed by atoms with Gasteiger partial charge in [0.1, 0.15) is 11.6 Å². The molecule has 0 bridgehead atoms. The third-order valence-electron chi connectivity index (χ3n) is 2.76. The smallest absolute Gasteiger partial charge is 0.130 e. The van der Waals surface area contributed by atoms with Crippen LogP contribution in [0.2, 0.25) is 0 Å². The SMILES string of the molecule is CC(NCc1cccnc1)c1ccc(F)cc1F. The summed E-state index contributed by atoms with van der Waals surface area (Å²) in [6, 6.07) is 7.23. The number of rotatable bonds is 4. The maximum atomic E-state index is 13.5. The van der Waals surface area contributed by atoms with Gasteiger partial charge in [0.05, 0.1) is 0 Å². The minimum absolute atomic E-state index is 0.189. The van der Waals surface area contributed by atoms with Gasteiger partial charge in [0.2, 0.25) is 0 Å². The van der Waals surface area contributed by atoms with Gasteiger partial charge in [0.15, 0.2) is 0 Å². The second kappa shape index (κ2) is 5.69. The lowest BCUT2D eigenvalue weighted by Crippen LogP contribution is -2.19. The highest BCUT2D eigenvalue weighted by molar-refractivity contribution is 5.22. The molecule has 1 N–H and O–H groups in total. The van der Waals surface area contributed by atoms with Crippen molar-refractivity contribution in [3.63, 3.8) is 0 Å². The molecule has 0 spiro atoms. The monoisotopic (exact) mass is 248 g/mol. The minimum Gasteiger partial charge on any atom is -0.306 e. The van der Waals surface area contributed by atoms with Crippen molar-refractivity contribution in [1.82, 2.24) is 10.3 Å². The Labute approximate surface area is 105 Å². The number of hydrogen-bond donors (Lipinski definition) is 1. The summed E-state index contributed by atoms with van der Waals surface area (Å²) in [5.41, 5.74) is 1.48. The van der Waals surface area contributed by atoms with Gasteiger partial charge < -0.3 is 5.32 Å². The number of hydrogen-bond acceptors (Lipinski definition) is 2. The first kappa shape index (κ1) is 12.6. The Bertz CT molecular complexity index is 514. The molecule has 1 atom stereocenters. The van der Waals surface area contributed by atoms with Gasteiger partial charge in [-0.05, 0) is 24.6 Å². The fraction of sp³-hybridized carbons (Fsp3) is 0.214. The second-order valence-corrected chi connectivity index (χ2v) is 4.13. The molecule has 0 aliphatic rings. The van der Waals surface area contributed by atoms with Crippen LogP contribution in [-0.4, -0.2) is 4.98 Å². The fourth-order valence-corrected chi connectivity index (χ4v) is 1.74. The molecule has 4 heteroatoms. The van der Waals surface area contributed by atoms with Crippen molar-refractivity contribution in [2.24, 2.45) is 0 Å². The number of pyridine rings is 1. The molecule has 0 amide bonds. The van der Waals surface area contributed by atoms with E-state index in [1.165, 1.54) is 12.1 Å². The average molecular weight is 248 g/mol. The van der Waals surface area contributed by atoms with E-state index in [-0.39, 0.29) is 6.04 Å². The molecule has 94 valence electrons. The van der Waals surface area contributed by atoms with E-state index in [9.17, 15) is 8.78 Å². The number of aromatic nitrogens is 1. The van der Waals surface area contributed by atoms with Crippen molar-refractivity contribution in [2.75, 3.05) is 0 Å². The zero-order chi connectivity index (χ0) is 13.0. The molecule has 1 aromatic heterocycles. The predicted octanol–water partition coefficient (Wildman–Crippen LogP) is 3.21. The molecule has 0 aliphatic carbocycles. The summed E-state index contributed by atoms with van der Waals surface area (Å²) >= 11 is 0. The highest BCUT2D eigenvalue weighted by Crippen LogP contribution is 2.18. The van der Waals surface area contributed by atoms with Gasteiger partial charge >= 0.3 is 0 Å². The molecule has 1 unspecified atom stereocenters. The molecule has 0 aliphatic heterocycles. The van der Waals surface area contributed by atoms with Crippen LogP contribution in [0.25, 0.3) is 0 Å². The normalized spacial score (nSPS) is 12.4. The van der Waals surface area contributed by atoms with Crippen molar-refractivity contribution in [3.8, 4) is 0 Å². The molecule has 18 heavy (non-hydrogen) atoms. The van der Waals surface area contributed by atoms with E-state index < -0.39 is 11.6 Å². The third-order valence-corrected chi connectivity index (χ3v) is 2.76. The molecule has 0 saturated heterocycles. The topological polar surface area (TPSA) is 24.9 Å². The quantitative estimate of drug-likeness (QED) is 0.898. The first-order valence-corrected chi connectivity index (χ1v) is 5.74. The zero-order valence-corrected chi connectivity index (χ0v) is 10.0. The summed E-state index contributed by atoms with van der Waals surface area (Å²) in [7, 11) is 0. The molecular weight excluding hydrogens is 234 g/mol. The summed E-state index contributed by atoms with van der Waals surface area (Å²) < 4.78 is 26.3. The molecular formula is C14H14F2N2. The van der Waals surface area contributed by atoms with Crippen LogP contribution in [0, 0.1) is 11.6 Å². The van der Waals surface area contributed by atoms with Crippen LogP contribution in [0.1, 0.15) is 24.1 Å². The summed E-state index contributed by atoms with van der Waals surface area (Å²) in [5.74, 6) is -1.09. The maximum absolute atomic E-state index is 13.5. The van der Waals surface area contributed by atoms with Gasteiger partial charge in [0, 0.05) is 36.6 Å². The molecule has 0 fully saturated rings. The van der Waals surface area contributed by atoms with Gasteiger partial charge in [-0.15, -0.1) is 0 Å². The Morgan fingerprint density at radius 3 is 2.78 bits per heavy atom. The van der Waals surface area contributed by atoms with Crippen LogP contribution in [-0.2, 0) is 6.54 Å². The molecule has 1 heterocycles. The minimum atomic E-state index is -0.560. The molecule has 0 radical (unpaired) electrons. The van der Waals surface area contributed by atoms with Crippen LogP contribution in [0.3, 0.4) is 0 Å². The number of nitrogens with one attached hydrogen (secondary N) is 1. The lowest BCUT2D eigenvalue weighted by Gasteiger charge is -2.15. The van der Waals surface area contributed by atoms with E-state index in [0.29, 0.717) is 12.1 Å². The molecule has 2 rings (SSSR count).